The molecule has 3 aromatic rings. The van der Waals surface area contributed by atoms with E-state index in [-0.39, 0.29) is 11.7 Å². The summed E-state index contributed by atoms with van der Waals surface area (Å²) in [6, 6.07) is 5.43. The van der Waals surface area contributed by atoms with Crippen molar-refractivity contribution in [1.29, 1.82) is 5.41 Å². The number of methoxy groups -OCH3 is 1. The Kier molecular flexibility index (Phi) is 5.85. The van der Waals surface area contributed by atoms with Gasteiger partial charge in [-0.1, -0.05) is 5.16 Å². The van der Waals surface area contributed by atoms with Crippen LogP contribution in [0.2, 0.25) is 0 Å². The monoisotopic (exact) mass is 367 g/mol. The Morgan fingerprint density at radius 3 is 2.85 bits per heavy atom. The first kappa shape index (κ1) is 18.2. The number of hydrogen-bond acceptors (Lipinski definition) is 8. The summed E-state index contributed by atoms with van der Waals surface area (Å²) in [6.45, 7) is 0.821. The average molecular weight is 367 g/mol. The molecule has 0 amide bonds. The van der Waals surface area contributed by atoms with E-state index in [0.29, 0.717) is 36.6 Å². The molecule has 9 nitrogen and oxygen atoms in total. The summed E-state index contributed by atoms with van der Waals surface area (Å²) in [7, 11) is 1.60. The van der Waals surface area contributed by atoms with Gasteiger partial charge in [0.15, 0.2) is 0 Å². The first-order valence-corrected chi connectivity index (χ1v) is 8.02. The van der Waals surface area contributed by atoms with Gasteiger partial charge in [0.1, 0.15) is 18.2 Å². The number of allylic oxidation sites excluding steroid dienone is 1. The third kappa shape index (κ3) is 4.53. The Bertz CT molecular complexity index is 960. The predicted octanol–water partition coefficient (Wildman–Crippen LogP) is 2.63. The molecule has 0 saturated carbocycles. The van der Waals surface area contributed by atoms with Crippen molar-refractivity contribution in [3.05, 3.63) is 42.2 Å². The highest BCUT2D eigenvalue weighted by atomic mass is 16.5. The van der Waals surface area contributed by atoms with Gasteiger partial charge < -0.3 is 24.4 Å². The maximum Gasteiger partial charge on any atom is 0.291 e. The fourth-order valence-corrected chi connectivity index (χ4v) is 2.32. The van der Waals surface area contributed by atoms with E-state index in [2.05, 4.69) is 20.1 Å². The molecular formula is C18H17N5O4. The van der Waals surface area contributed by atoms with Crippen LogP contribution >= 0.6 is 0 Å². The van der Waals surface area contributed by atoms with Crippen LogP contribution in [0.15, 0.2) is 35.0 Å². The molecule has 0 atom stereocenters. The molecule has 27 heavy (non-hydrogen) atoms. The zero-order valence-electron chi connectivity index (χ0n) is 14.5. The second-order valence-electron chi connectivity index (χ2n) is 5.37. The van der Waals surface area contributed by atoms with Crippen LogP contribution in [0, 0.1) is 5.41 Å². The molecule has 2 heterocycles. The number of imidazole rings is 1. The van der Waals surface area contributed by atoms with Crippen molar-refractivity contribution >= 4 is 18.6 Å². The summed E-state index contributed by atoms with van der Waals surface area (Å²) < 4.78 is 15.6. The molecule has 138 valence electrons. The molecule has 0 aliphatic carbocycles. The summed E-state index contributed by atoms with van der Waals surface area (Å²) >= 11 is 0. The van der Waals surface area contributed by atoms with Crippen LogP contribution < -0.4 is 4.74 Å². The topological polar surface area (TPSA) is 127 Å². The number of aromatic nitrogens is 4. The lowest BCUT2D eigenvalue weighted by Gasteiger charge is -2.09. The Balaban J connectivity index is 1.98. The SMILES string of the molecule is COCCOc1cc(-c2noc(C=O)n2)cc(-c2cnc(/C=C\C=N)[nH]2)c1. The second kappa shape index (κ2) is 8.68. The van der Waals surface area contributed by atoms with Crippen molar-refractivity contribution in [3.8, 4) is 28.4 Å². The van der Waals surface area contributed by atoms with E-state index in [0.717, 1.165) is 11.3 Å². The van der Waals surface area contributed by atoms with Gasteiger partial charge in [-0.25, -0.2) is 4.98 Å². The number of rotatable bonds is 9. The lowest BCUT2D eigenvalue weighted by Crippen LogP contribution is -2.04. The van der Waals surface area contributed by atoms with Crippen LogP contribution in [0.3, 0.4) is 0 Å². The Hall–Kier alpha value is -3.59. The van der Waals surface area contributed by atoms with Crippen molar-refractivity contribution in [2.24, 2.45) is 0 Å². The van der Waals surface area contributed by atoms with Crippen LogP contribution in [0.5, 0.6) is 5.75 Å². The van der Waals surface area contributed by atoms with Crippen molar-refractivity contribution < 1.29 is 18.8 Å². The van der Waals surface area contributed by atoms with Gasteiger partial charge in [-0.2, -0.15) is 4.98 Å². The number of H-pyrrole nitrogens is 1. The van der Waals surface area contributed by atoms with E-state index in [4.69, 9.17) is 19.4 Å². The highest BCUT2D eigenvalue weighted by molar-refractivity contribution is 5.76. The molecule has 0 radical (unpaired) electrons. The molecule has 1 aromatic carbocycles. The number of hydrogen-bond donors (Lipinski definition) is 2. The number of benzene rings is 1. The molecule has 0 fully saturated rings. The van der Waals surface area contributed by atoms with Crippen molar-refractivity contribution in [2.75, 3.05) is 20.3 Å². The zero-order valence-corrected chi connectivity index (χ0v) is 14.5. The minimum Gasteiger partial charge on any atom is -0.491 e. The van der Waals surface area contributed by atoms with Gasteiger partial charge in [-0.15, -0.1) is 0 Å². The third-order valence-corrected chi connectivity index (χ3v) is 3.52. The summed E-state index contributed by atoms with van der Waals surface area (Å²) in [6.07, 6.45) is 6.60. The first-order valence-electron chi connectivity index (χ1n) is 8.02. The van der Waals surface area contributed by atoms with Gasteiger partial charge >= 0.3 is 0 Å². The summed E-state index contributed by atoms with van der Waals surface area (Å²) in [5.74, 6) is 1.38. The maximum atomic E-state index is 10.8. The van der Waals surface area contributed by atoms with Crippen LogP contribution in [0.4, 0.5) is 0 Å². The third-order valence-electron chi connectivity index (χ3n) is 3.52. The van der Waals surface area contributed by atoms with E-state index in [1.165, 1.54) is 6.21 Å². The highest BCUT2D eigenvalue weighted by Gasteiger charge is 2.13. The number of ether oxygens (including phenoxy) is 2. The Morgan fingerprint density at radius 1 is 1.26 bits per heavy atom. The molecule has 0 saturated heterocycles. The number of nitrogens with zero attached hydrogens (tertiary/aromatic N) is 3. The van der Waals surface area contributed by atoms with Gasteiger partial charge in [0.05, 0.1) is 18.5 Å². The van der Waals surface area contributed by atoms with E-state index in [1.54, 1.807) is 31.5 Å². The molecule has 0 spiro atoms. The highest BCUT2D eigenvalue weighted by Crippen LogP contribution is 2.29. The standard InChI is InChI=1S/C18H17N5O4/c1-25-5-6-26-14-8-12(15-10-20-16(21-15)3-2-4-19)7-13(9-14)18-22-17(11-24)27-23-18/h2-4,7-11,19H,5-6H2,1H3,(H,20,21)/b3-2-,19-4?. The maximum absolute atomic E-state index is 10.8. The van der Waals surface area contributed by atoms with Crippen LogP contribution in [0.25, 0.3) is 28.7 Å². The number of aldehydes is 1. The molecule has 0 unspecified atom stereocenters. The van der Waals surface area contributed by atoms with Crippen LogP contribution in [-0.4, -0.2) is 52.9 Å². The Labute approximate surface area is 154 Å². The largest absolute Gasteiger partial charge is 0.491 e. The minimum atomic E-state index is -0.0992. The summed E-state index contributed by atoms with van der Waals surface area (Å²) in [5.41, 5.74) is 2.17. The number of carbonyl (C=O) groups excluding carboxylic acids is 1. The lowest BCUT2D eigenvalue weighted by molar-refractivity contribution is 0.108. The van der Waals surface area contributed by atoms with Crippen LogP contribution in [-0.2, 0) is 4.74 Å². The van der Waals surface area contributed by atoms with Crippen molar-refractivity contribution in [3.63, 3.8) is 0 Å². The quantitative estimate of drug-likeness (QED) is 0.338. The molecule has 3 rings (SSSR count). The van der Waals surface area contributed by atoms with Crippen LogP contribution in [0.1, 0.15) is 16.5 Å². The lowest BCUT2D eigenvalue weighted by atomic mass is 10.1. The van der Waals surface area contributed by atoms with Crippen molar-refractivity contribution in [2.45, 2.75) is 0 Å². The summed E-state index contributed by atoms with van der Waals surface area (Å²) in [4.78, 5) is 22.2. The van der Waals surface area contributed by atoms with E-state index in [1.807, 2.05) is 12.1 Å². The predicted molar refractivity (Wildman–Crippen MR) is 97.9 cm³/mol. The first-order chi connectivity index (χ1) is 13.2. The molecule has 0 bridgehead atoms. The van der Waals surface area contributed by atoms with Gasteiger partial charge in [0, 0.05) is 24.5 Å². The van der Waals surface area contributed by atoms with Gasteiger partial charge in [-0.3, -0.25) is 4.79 Å². The molecule has 0 aliphatic rings. The molecule has 0 aliphatic heterocycles. The van der Waals surface area contributed by atoms with E-state index < -0.39 is 0 Å². The molecular weight excluding hydrogens is 350 g/mol. The normalized spacial score (nSPS) is 11.0. The fourth-order valence-electron chi connectivity index (χ4n) is 2.32. The molecule has 2 aromatic heterocycles. The van der Waals surface area contributed by atoms with E-state index in [9.17, 15) is 4.79 Å². The minimum absolute atomic E-state index is 0.0992. The fraction of sp³-hybridized carbons (Fsp3) is 0.167. The number of aromatic amines is 1. The molecule has 2 N–H and O–H groups in total. The Morgan fingerprint density at radius 2 is 2.11 bits per heavy atom. The van der Waals surface area contributed by atoms with Gasteiger partial charge in [0.2, 0.25) is 12.1 Å². The number of carbonyl (C=O) groups is 1. The average Bonchev–Trinajstić information content (AvgIpc) is 3.36. The van der Waals surface area contributed by atoms with Gasteiger partial charge in [0.25, 0.3) is 5.89 Å². The zero-order chi connectivity index (χ0) is 19.1. The van der Waals surface area contributed by atoms with Gasteiger partial charge in [-0.05, 0) is 30.4 Å². The summed E-state index contributed by atoms with van der Waals surface area (Å²) in [5, 5.41) is 10.9. The molecule has 9 heteroatoms. The van der Waals surface area contributed by atoms with Crippen molar-refractivity contribution in [1.82, 2.24) is 20.1 Å². The number of nitrogens with one attached hydrogen (secondary N) is 2. The second-order valence-corrected chi connectivity index (χ2v) is 5.37. The smallest absolute Gasteiger partial charge is 0.291 e. The van der Waals surface area contributed by atoms with E-state index >= 15 is 0 Å².